The molecule has 0 aromatic carbocycles. The van der Waals surface area contributed by atoms with Crippen molar-refractivity contribution in [3.05, 3.63) is 0 Å². The minimum Gasteiger partial charge on any atom is -0.466 e. The van der Waals surface area contributed by atoms with E-state index in [9.17, 15) is 43.2 Å². The summed E-state index contributed by atoms with van der Waals surface area (Å²) in [5.41, 5.74) is 0. The van der Waals surface area contributed by atoms with Crippen LogP contribution < -0.4 is 0 Å². The Morgan fingerprint density at radius 3 is 0.317 bits per heavy atom. The van der Waals surface area contributed by atoms with Crippen LogP contribution in [0.3, 0.4) is 0 Å². The maximum absolute atomic E-state index is 9.82. The molecule has 0 saturated carbocycles. The zero-order valence-corrected chi connectivity index (χ0v) is 41.0. The van der Waals surface area contributed by atoms with Gasteiger partial charge in [-0.05, 0) is 62.3 Å². The van der Waals surface area contributed by atoms with E-state index < -0.39 is 0 Å². The predicted molar refractivity (Wildman–Crippen MR) is 231 cm³/mol. The highest BCUT2D eigenvalue weighted by atomic mass is 16.6. The molecule has 0 saturated heterocycles. The van der Waals surface area contributed by atoms with Gasteiger partial charge in [-0.25, -0.2) is 0 Å². The summed E-state index contributed by atoms with van der Waals surface area (Å²) in [6, 6.07) is 0. The zero-order chi connectivity index (χ0) is 49.8. The topological polar surface area (TPSA) is 237 Å². The van der Waals surface area contributed by atoms with Crippen LogP contribution in [0.1, 0.15) is 164 Å². The van der Waals surface area contributed by atoms with Crippen molar-refractivity contribution in [2.24, 2.45) is 0 Å². The second kappa shape index (κ2) is 78.5. The quantitative estimate of drug-likeness (QED) is 0.104. The molecular formula is C42H86O18. The van der Waals surface area contributed by atoms with Crippen molar-refractivity contribution in [1.82, 2.24) is 0 Å². The molecular weight excluding hydrogens is 792 g/mol. The number of carbonyl (C=O) groups is 9. The molecule has 18 nitrogen and oxygen atoms in total. The normalized spacial score (nSPS) is 7.80. The van der Waals surface area contributed by atoms with Gasteiger partial charge in [0.05, 0.1) is 59.5 Å². The van der Waals surface area contributed by atoms with Crippen LogP contribution in [0.2, 0.25) is 0 Å². The van der Waals surface area contributed by atoms with Gasteiger partial charge >= 0.3 is 53.7 Å². The summed E-state index contributed by atoms with van der Waals surface area (Å²) in [6.07, 6.45) is 5.54. The number of carbonyl (C=O) groups excluding carboxylic acids is 9. The summed E-state index contributed by atoms with van der Waals surface area (Å²) < 4.78 is 39.6. The molecule has 362 valence electrons. The summed E-state index contributed by atoms with van der Waals surface area (Å²) in [5, 5.41) is 0. The number of rotatable bonds is 12. The molecule has 60 heavy (non-hydrogen) atoms. The van der Waals surface area contributed by atoms with Crippen molar-refractivity contribution in [1.29, 1.82) is 0 Å². The first-order chi connectivity index (χ1) is 27.8. The lowest BCUT2D eigenvalue weighted by Gasteiger charge is -1.89. The second-order valence-corrected chi connectivity index (χ2v) is 10.0. The Morgan fingerprint density at radius 1 is 0.217 bits per heavy atom. The minimum atomic E-state index is -0.211. The standard InChI is InChI=1S/C6H14.9C4H8O2/c1-3-5-6-4-2;9*1-3-6-4(2)5/h3-6H2,1-2H3;9*3H2,1-2H3. The van der Waals surface area contributed by atoms with E-state index in [1.54, 1.807) is 62.3 Å². The molecule has 0 aromatic heterocycles. The Kier molecular flexibility index (Phi) is 104. The minimum absolute atomic E-state index is 0.211. The van der Waals surface area contributed by atoms with Gasteiger partial charge in [0, 0.05) is 62.3 Å². The van der Waals surface area contributed by atoms with Crippen LogP contribution in [-0.2, 0) is 85.8 Å². The molecule has 0 aliphatic carbocycles. The molecule has 0 amide bonds. The molecule has 0 bridgehead atoms. The summed E-state index contributed by atoms with van der Waals surface area (Å²) in [7, 11) is 0. The Labute approximate surface area is 362 Å². The largest absolute Gasteiger partial charge is 0.466 e. The molecule has 0 rings (SSSR count). The molecule has 18 heteroatoms. The van der Waals surface area contributed by atoms with Crippen LogP contribution in [0.5, 0.6) is 0 Å². The third-order valence-electron chi connectivity index (χ3n) is 4.09. The van der Waals surface area contributed by atoms with Crippen LogP contribution in [-0.4, -0.2) is 113 Å². The summed E-state index contributed by atoms with van der Waals surface area (Å²) in [5.74, 6) is -1.90. The van der Waals surface area contributed by atoms with Crippen LogP contribution in [0.25, 0.3) is 0 Å². The van der Waals surface area contributed by atoms with Crippen molar-refractivity contribution in [3.63, 3.8) is 0 Å². The number of hydrogen-bond donors (Lipinski definition) is 0. The average Bonchev–Trinajstić information content (AvgIpc) is 3.09. The smallest absolute Gasteiger partial charge is 0.302 e. The highest BCUT2D eigenvalue weighted by molar-refractivity contribution is 5.68. The zero-order valence-electron chi connectivity index (χ0n) is 41.0. The molecule has 0 aliphatic rings. The Balaban J connectivity index is -0.0000000579. The number of esters is 9. The van der Waals surface area contributed by atoms with Gasteiger partial charge in [-0.15, -0.1) is 0 Å². The highest BCUT2D eigenvalue weighted by Gasteiger charge is 1.86. The van der Waals surface area contributed by atoms with Gasteiger partial charge in [-0.3, -0.25) is 43.2 Å². The van der Waals surface area contributed by atoms with E-state index in [2.05, 4.69) is 56.5 Å². The van der Waals surface area contributed by atoms with Crippen molar-refractivity contribution >= 4 is 53.7 Å². The van der Waals surface area contributed by atoms with E-state index >= 15 is 0 Å². The van der Waals surface area contributed by atoms with Gasteiger partial charge < -0.3 is 42.6 Å². The van der Waals surface area contributed by atoms with Crippen molar-refractivity contribution in [2.75, 3.05) is 59.5 Å². The number of ether oxygens (including phenoxy) is 9. The summed E-state index contributed by atoms with van der Waals surface area (Å²) in [6.45, 7) is 37.3. The molecule has 0 fully saturated rings. The van der Waals surface area contributed by atoms with Crippen molar-refractivity contribution in [2.45, 2.75) is 164 Å². The number of unbranched alkanes of at least 4 members (excludes halogenated alkanes) is 3. The Morgan fingerprint density at radius 2 is 0.300 bits per heavy atom. The lowest BCUT2D eigenvalue weighted by Crippen LogP contribution is -1.95. The van der Waals surface area contributed by atoms with E-state index in [-0.39, 0.29) is 53.7 Å². The van der Waals surface area contributed by atoms with Gasteiger partial charge in [-0.1, -0.05) is 39.5 Å². The Hall–Kier alpha value is -4.77. The maximum Gasteiger partial charge on any atom is 0.302 e. The van der Waals surface area contributed by atoms with E-state index in [1.165, 1.54) is 88.0 Å². The Bertz CT molecular complexity index is 734. The molecule has 0 N–H and O–H groups in total. The molecule has 0 aliphatic heterocycles. The van der Waals surface area contributed by atoms with Gasteiger partial charge in [0.2, 0.25) is 0 Å². The van der Waals surface area contributed by atoms with E-state index in [4.69, 9.17) is 0 Å². The van der Waals surface area contributed by atoms with Crippen LogP contribution in [0, 0.1) is 0 Å². The van der Waals surface area contributed by atoms with Crippen LogP contribution in [0.15, 0.2) is 0 Å². The molecule has 0 atom stereocenters. The monoisotopic (exact) mass is 879 g/mol. The third kappa shape index (κ3) is 228. The lowest BCUT2D eigenvalue weighted by atomic mass is 10.2. The first-order valence-corrected chi connectivity index (χ1v) is 20.1. The molecule has 0 unspecified atom stereocenters. The molecule has 0 radical (unpaired) electrons. The number of hydrogen-bond acceptors (Lipinski definition) is 18. The van der Waals surface area contributed by atoms with E-state index in [1.807, 2.05) is 0 Å². The first-order valence-electron chi connectivity index (χ1n) is 20.1. The predicted octanol–water partition coefficient (Wildman–Crippen LogP) is 7.71. The van der Waals surface area contributed by atoms with Gasteiger partial charge in [0.25, 0.3) is 0 Å². The third-order valence-corrected chi connectivity index (χ3v) is 4.09. The fourth-order valence-electron chi connectivity index (χ4n) is 2.33. The fourth-order valence-corrected chi connectivity index (χ4v) is 2.33. The van der Waals surface area contributed by atoms with Gasteiger partial charge in [0.15, 0.2) is 0 Å². The summed E-state index contributed by atoms with van der Waals surface area (Å²) in [4.78, 5) is 88.4. The molecule has 0 aromatic rings. The molecule has 0 heterocycles. The maximum atomic E-state index is 9.82. The lowest BCUT2D eigenvalue weighted by molar-refractivity contribution is -0.141. The van der Waals surface area contributed by atoms with E-state index in [0.29, 0.717) is 59.5 Å². The fraction of sp³-hybridized carbons (Fsp3) is 0.786. The van der Waals surface area contributed by atoms with E-state index in [0.717, 1.165) is 0 Å². The van der Waals surface area contributed by atoms with Gasteiger partial charge in [-0.2, -0.15) is 0 Å². The second-order valence-electron chi connectivity index (χ2n) is 10.0. The summed E-state index contributed by atoms with van der Waals surface area (Å²) >= 11 is 0. The first kappa shape index (κ1) is 79.4. The van der Waals surface area contributed by atoms with Crippen molar-refractivity contribution in [3.8, 4) is 0 Å². The highest BCUT2D eigenvalue weighted by Crippen LogP contribution is 1.95. The van der Waals surface area contributed by atoms with Crippen LogP contribution >= 0.6 is 0 Å². The van der Waals surface area contributed by atoms with Gasteiger partial charge in [0.1, 0.15) is 0 Å². The average molecular weight is 879 g/mol. The van der Waals surface area contributed by atoms with Crippen molar-refractivity contribution < 1.29 is 85.8 Å². The van der Waals surface area contributed by atoms with Crippen LogP contribution in [0.4, 0.5) is 0 Å². The SMILES string of the molecule is CCCCCC.CCOC(C)=O.CCOC(C)=O.CCOC(C)=O.CCOC(C)=O.CCOC(C)=O.CCOC(C)=O.CCOC(C)=O.CCOC(C)=O.CCOC(C)=O. The molecule has 0 spiro atoms.